The van der Waals surface area contributed by atoms with Gasteiger partial charge in [-0.15, -0.1) is 0 Å². The van der Waals surface area contributed by atoms with Gasteiger partial charge in [-0.25, -0.2) is 8.78 Å². The highest BCUT2D eigenvalue weighted by atomic mass is 32.2. The van der Waals surface area contributed by atoms with Crippen LogP contribution in [0.1, 0.15) is 135 Å². The van der Waals surface area contributed by atoms with E-state index in [2.05, 4.69) is 9.97 Å². The maximum atomic E-state index is 14.6. The van der Waals surface area contributed by atoms with Gasteiger partial charge in [0, 0.05) is 80.0 Å². The third-order valence-corrected chi connectivity index (χ3v) is 17.3. The Kier molecular flexibility index (Phi) is 15.9. The molecule has 1 unspecified atom stereocenters. The first-order chi connectivity index (χ1) is 55.6. The number of halogens is 8. The largest absolute Gasteiger partial charge is 0.416 e. The van der Waals surface area contributed by atoms with Gasteiger partial charge in [-0.2, -0.15) is 36.3 Å². The van der Waals surface area contributed by atoms with Gasteiger partial charge in [0.2, 0.25) is 11.8 Å². The molecule has 6 aromatic carbocycles. The fourth-order valence-electron chi connectivity index (χ4n) is 10.1. The fraction of sp³-hybridized carbons (Fsp3) is 0.378. The molecule has 2 aromatic heterocycles. The molecular formula is C74H80F8N8O4S2. The van der Waals surface area contributed by atoms with Crippen LogP contribution in [0.15, 0.2) is 159 Å². The molecule has 0 saturated heterocycles. The van der Waals surface area contributed by atoms with Crippen LogP contribution in [-0.2, 0) is 85.1 Å². The summed E-state index contributed by atoms with van der Waals surface area (Å²) >= 11 is 1.32. The minimum absolute atomic E-state index is 0.0380. The Labute approximate surface area is 597 Å². The summed E-state index contributed by atoms with van der Waals surface area (Å²) in [6, 6.07) is -4.24. The summed E-state index contributed by atoms with van der Waals surface area (Å²) in [4.78, 5) is 69.4. The number of thioether (sulfide) groups is 2. The zero-order valence-electron chi connectivity index (χ0n) is 76.8. The number of hydrogen-bond acceptors (Lipinski definition) is 10. The molecule has 0 saturated carbocycles. The first kappa shape index (κ1) is 46.3. The Bertz CT molecular complexity index is 5350. The number of carbonyl (C=O) groups is 2. The van der Waals surface area contributed by atoms with E-state index < -0.39 is 238 Å². The first-order valence-electron chi connectivity index (χ1n) is 42.3. The van der Waals surface area contributed by atoms with Crippen molar-refractivity contribution in [3.05, 3.63) is 233 Å². The number of hydrogen-bond donors (Lipinski definition) is 0. The van der Waals surface area contributed by atoms with Crippen LogP contribution in [0, 0.1) is 24.5 Å². The number of likely N-dealkylation sites (N-methyl/N-ethyl adjacent to an activating group) is 2. The lowest BCUT2D eigenvalue weighted by molar-refractivity contribution is -0.138. The topological polar surface area (TPSA) is 117 Å². The van der Waals surface area contributed by atoms with Gasteiger partial charge >= 0.3 is 12.4 Å². The van der Waals surface area contributed by atoms with E-state index in [1.165, 1.54) is 41.0 Å². The maximum absolute atomic E-state index is 14.6. The molecule has 8 aromatic rings. The van der Waals surface area contributed by atoms with Crippen LogP contribution in [0.4, 0.5) is 35.1 Å². The first-order valence-corrected chi connectivity index (χ1v) is 32.2. The maximum Gasteiger partial charge on any atom is 0.416 e. The lowest BCUT2D eigenvalue weighted by atomic mass is 9.98. The van der Waals surface area contributed by atoms with E-state index in [4.69, 9.17) is 27.4 Å². The summed E-state index contributed by atoms with van der Waals surface area (Å²) in [6.45, 7) is 3.30. The van der Waals surface area contributed by atoms with E-state index in [0.717, 1.165) is 47.2 Å². The zero-order valence-corrected chi connectivity index (χ0v) is 54.4. The quantitative estimate of drug-likeness (QED) is 0.0295. The van der Waals surface area contributed by atoms with Crippen LogP contribution in [0.2, 0.25) is 0 Å². The molecule has 0 radical (unpaired) electrons. The van der Waals surface area contributed by atoms with Gasteiger partial charge in [-0.3, -0.25) is 19.2 Å². The molecule has 2 amide bonds. The standard InChI is InChI=1S/2C37H40F4N4O2S/c1-4-43(5-2)18-19-44(22-26-6-10-28(11-7-26)29-12-14-30(15-13-29)37(39,40)41)34(46)23-45-33-21-25(3)20-32(33)35(47)42-36(45)48-24-27-8-16-31(38)17-9-27;1-4-43(5-2)19-20-44(22-26-9-13-28(14-10-26)29-15-18-32(25(3)21-29)37(39,40)41)34(46)23-45-33-8-6-7-31(33)35(47)42-36(45)48-24-27-11-16-30(38)17-12-27/h6-17,25H,4-5,18-24H2,1-3H3;9-18,21H,4-8,19-20,22-24H2,1-3H3/i8D,9D,16D,17D,20D2,21D2,22D2,25D;9D,10D,11D,12D,13D,14D,15D,16D,17D,18D,21D,22D2. The van der Waals surface area contributed by atoms with E-state index >= 15 is 0 Å². The van der Waals surface area contributed by atoms with Crippen molar-refractivity contribution in [3.8, 4) is 22.3 Å². The molecule has 508 valence electrons. The second kappa shape index (κ2) is 32.9. The second-order valence-electron chi connectivity index (χ2n) is 21.6. The summed E-state index contributed by atoms with van der Waals surface area (Å²) in [5.74, 6) is -8.24. The van der Waals surface area contributed by atoms with Gasteiger partial charge in [0.1, 0.15) is 24.7 Å². The highest BCUT2D eigenvalue weighted by Gasteiger charge is 2.34. The Hall–Kier alpha value is -7.92. The zero-order chi connectivity index (χ0) is 90.0. The summed E-state index contributed by atoms with van der Waals surface area (Å²) < 4.78 is 318. The van der Waals surface area contributed by atoms with Crippen LogP contribution in [-0.4, -0.2) is 103 Å². The smallest absolute Gasteiger partial charge is 0.336 e. The number of nitrogens with zero attached hydrogens (tertiary/aromatic N) is 8. The highest BCUT2D eigenvalue weighted by Crippen LogP contribution is 2.36. The monoisotopic (exact) mass is 1380 g/mol. The van der Waals surface area contributed by atoms with Gasteiger partial charge in [-0.05, 0) is 163 Å². The Morgan fingerprint density at radius 3 is 1.52 bits per heavy atom. The van der Waals surface area contributed by atoms with Gasteiger partial charge in [0.05, 0.1) is 37.2 Å². The van der Waals surface area contributed by atoms with Crippen molar-refractivity contribution >= 4 is 35.3 Å². The molecule has 2 aliphatic rings. The molecule has 0 spiro atoms. The Morgan fingerprint density at radius 2 is 1.03 bits per heavy atom. The third-order valence-electron chi connectivity index (χ3n) is 15.3. The van der Waals surface area contributed by atoms with Crippen molar-refractivity contribution < 1.29 is 77.6 Å². The molecule has 0 bridgehead atoms. The third kappa shape index (κ3) is 19.0. The van der Waals surface area contributed by atoms with Gasteiger partial charge in [-0.1, -0.05) is 155 Å². The van der Waals surface area contributed by atoms with Crippen LogP contribution in [0.25, 0.3) is 22.3 Å². The summed E-state index contributed by atoms with van der Waals surface area (Å²) in [5, 5.41) is -0.568. The van der Waals surface area contributed by atoms with Crippen molar-refractivity contribution in [2.24, 2.45) is 5.89 Å². The van der Waals surface area contributed by atoms with E-state index in [9.17, 15) is 59.8 Å². The average molecular weight is 1390 g/mol. The normalized spacial score (nSPS) is 19.3. The molecule has 22 heteroatoms. The molecule has 0 aliphatic heterocycles. The highest BCUT2D eigenvalue weighted by molar-refractivity contribution is 7.98. The lowest BCUT2D eigenvalue weighted by Crippen LogP contribution is -2.40. The van der Waals surface area contributed by atoms with Gasteiger partial charge < -0.3 is 28.7 Å². The van der Waals surface area contributed by atoms with Crippen LogP contribution in [0.5, 0.6) is 0 Å². The summed E-state index contributed by atoms with van der Waals surface area (Å²) in [7, 11) is 0. The SMILES string of the molecule is [2H]c1c([2H])c(CSc2nc(=O)c3c(n2CC(=O)N(CCN(CC)CC)C([2H])([2H])c2c([2H])c([2H])c(-c4c([2H])c([2H])c(C(F)(F)F)c(C)c4[2H])c([2H])c2[2H])CCC3)c([2H])c([2H])c1F.[2H]c1c([2H])c(CSc2nc(=O)c3c(n2CC(=O)N(CCN(CC)CC)C([2H])([2H])c2ccc(-c4ccc(C(F)(F)F)cc4)cc2)C([2H])([2H])C([2H])(C)C3([2H])[2H])c([2H])c([2H])c1F. The van der Waals surface area contributed by atoms with Crippen LogP contribution >= 0.6 is 23.5 Å². The molecule has 0 fully saturated rings. The van der Waals surface area contributed by atoms with Crippen molar-refractivity contribution in [1.82, 2.24) is 38.7 Å². The second-order valence-corrected chi connectivity index (χ2v) is 23.5. The van der Waals surface area contributed by atoms with Crippen molar-refractivity contribution in [2.75, 3.05) is 52.4 Å². The van der Waals surface area contributed by atoms with E-state index in [-0.39, 0.29) is 65.8 Å². The number of fused-ring (bicyclic) bond motifs is 2. The molecule has 2 heterocycles. The van der Waals surface area contributed by atoms with Crippen molar-refractivity contribution in [1.29, 1.82) is 0 Å². The number of amides is 2. The van der Waals surface area contributed by atoms with Gasteiger partial charge in [0.25, 0.3) is 11.1 Å². The van der Waals surface area contributed by atoms with E-state index in [1.807, 2.05) is 37.5 Å². The molecular weight excluding hydrogens is 1280 g/mol. The molecule has 96 heavy (non-hydrogen) atoms. The fourth-order valence-corrected chi connectivity index (χ4v) is 11.9. The summed E-state index contributed by atoms with van der Waals surface area (Å²) in [5.41, 5.74) is -8.24. The number of carbonyl (C=O) groups excluding carboxylic acids is 2. The molecule has 1 atom stereocenters. The number of rotatable bonds is 26. The Morgan fingerprint density at radius 1 is 0.573 bits per heavy atom. The van der Waals surface area contributed by atoms with Crippen LogP contribution in [0.3, 0.4) is 0 Å². The van der Waals surface area contributed by atoms with E-state index in [1.54, 1.807) is 0 Å². The summed E-state index contributed by atoms with van der Waals surface area (Å²) in [6.07, 6.45) is -14.5. The number of benzene rings is 6. The molecule has 0 N–H and O–H groups in total. The molecule has 2 aliphatic carbocycles. The lowest BCUT2D eigenvalue weighted by Gasteiger charge is -2.28. The predicted octanol–water partition coefficient (Wildman–Crippen LogP) is 15.0. The molecule has 12 nitrogen and oxygen atoms in total. The average Bonchev–Trinajstić information content (AvgIpc) is 1.52. The van der Waals surface area contributed by atoms with Gasteiger partial charge in [0.15, 0.2) is 10.3 Å². The van der Waals surface area contributed by atoms with Crippen molar-refractivity contribution in [2.45, 2.75) is 134 Å². The Balaban J connectivity index is 0.000000273. The molecule has 10 rings (SSSR count). The van der Waals surface area contributed by atoms with E-state index in [0.29, 0.717) is 72.5 Å². The minimum atomic E-state index is -5.13. The predicted molar refractivity (Wildman–Crippen MR) is 362 cm³/mol. The minimum Gasteiger partial charge on any atom is -0.336 e. The number of aromatic nitrogens is 4. The van der Waals surface area contributed by atoms with Crippen molar-refractivity contribution in [3.63, 3.8) is 0 Å². The number of alkyl halides is 6. The van der Waals surface area contributed by atoms with Crippen LogP contribution < -0.4 is 11.1 Å².